The Labute approximate surface area is 123 Å². The van der Waals surface area contributed by atoms with Gasteiger partial charge in [0.15, 0.2) is 11.6 Å². The summed E-state index contributed by atoms with van der Waals surface area (Å²) in [6, 6.07) is 2.78. The molecule has 20 heavy (non-hydrogen) atoms. The minimum absolute atomic E-state index is 0.00607. The summed E-state index contributed by atoms with van der Waals surface area (Å²) >= 11 is 3.00. The van der Waals surface area contributed by atoms with Crippen molar-refractivity contribution in [2.75, 3.05) is 7.05 Å². The fraction of sp³-hybridized carbons (Fsp3) is 0.385. The summed E-state index contributed by atoms with van der Waals surface area (Å²) in [6.07, 6.45) is 1.47. The van der Waals surface area contributed by atoms with E-state index in [0.717, 1.165) is 12.5 Å². The maximum atomic E-state index is 13.5. The Morgan fingerprint density at radius 1 is 1.40 bits per heavy atom. The number of rotatable bonds is 5. The Morgan fingerprint density at radius 3 is 2.85 bits per heavy atom. The van der Waals surface area contributed by atoms with Gasteiger partial charge < -0.3 is 9.84 Å². The molecule has 1 atom stereocenters. The molecule has 1 aromatic heterocycles. The van der Waals surface area contributed by atoms with E-state index in [0.29, 0.717) is 23.9 Å². The van der Waals surface area contributed by atoms with Crippen molar-refractivity contribution in [1.82, 2.24) is 15.5 Å². The highest BCUT2D eigenvalue weighted by Gasteiger charge is 2.17. The molecule has 0 saturated carbocycles. The summed E-state index contributed by atoms with van der Waals surface area (Å²) in [5, 5.41) is 6.90. The summed E-state index contributed by atoms with van der Waals surface area (Å²) in [7, 11) is 1.88. The zero-order valence-electron chi connectivity index (χ0n) is 11.1. The molecule has 1 unspecified atom stereocenters. The predicted molar refractivity (Wildman–Crippen MR) is 74.2 cm³/mol. The van der Waals surface area contributed by atoms with Crippen LogP contribution < -0.4 is 5.32 Å². The van der Waals surface area contributed by atoms with Crippen LogP contribution in [-0.4, -0.2) is 23.2 Å². The standard InChI is InChI=1S/C13H14BrF2N3O/c1-7(17-2)3-6-10-18-13(19-20-10)8-4-5-9(15)12(16)11(8)14/h4-5,7,17H,3,6H2,1-2H3. The molecule has 0 aliphatic rings. The van der Waals surface area contributed by atoms with Crippen LogP contribution in [-0.2, 0) is 6.42 Å². The molecule has 0 fully saturated rings. The molecule has 0 aliphatic heterocycles. The molecule has 108 valence electrons. The fourth-order valence-corrected chi connectivity index (χ4v) is 2.15. The quantitative estimate of drug-likeness (QED) is 0.844. The molecular weight excluding hydrogens is 332 g/mol. The van der Waals surface area contributed by atoms with Crippen LogP contribution in [0.25, 0.3) is 11.4 Å². The predicted octanol–water partition coefficient (Wildman–Crippen LogP) is 3.32. The Morgan fingerprint density at radius 2 is 2.15 bits per heavy atom. The van der Waals surface area contributed by atoms with Gasteiger partial charge in [-0.3, -0.25) is 0 Å². The van der Waals surface area contributed by atoms with Crippen LogP contribution in [0.15, 0.2) is 21.1 Å². The van der Waals surface area contributed by atoms with E-state index >= 15 is 0 Å². The van der Waals surface area contributed by atoms with E-state index < -0.39 is 11.6 Å². The lowest BCUT2D eigenvalue weighted by molar-refractivity contribution is 0.369. The van der Waals surface area contributed by atoms with Crippen molar-refractivity contribution in [3.63, 3.8) is 0 Å². The second-order valence-electron chi connectivity index (χ2n) is 4.46. The van der Waals surface area contributed by atoms with Crippen molar-refractivity contribution in [2.24, 2.45) is 0 Å². The lowest BCUT2D eigenvalue weighted by Crippen LogP contribution is -2.21. The van der Waals surface area contributed by atoms with Gasteiger partial charge in [-0.2, -0.15) is 4.98 Å². The van der Waals surface area contributed by atoms with Crippen LogP contribution in [0.3, 0.4) is 0 Å². The normalized spacial score (nSPS) is 12.7. The third-order valence-electron chi connectivity index (χ3n) is 3.03. The summed E-state index contributed by atoms with van der Waals surface area (Å²) in [4.78, 5) is 4.19. The molecule has 1 N–H and O–H groups in total. The zero-order chi connectivity index (χ0) is 14.7. The first kappa shape index (κ1) is 15.1. The molecule has 0 amide bonds. The second-order valence-corrected chi connectivity index (χ2v) is 5.26. The lowest BCUT2D eigenvalue weighted by atomic mass is 10.2. The molecule has 4 nitrogen and oxygen atoms in total. The Balaban J connectivity index is 2.19. The highest BCUT2D eigenvalue weighted by atomic mass is 79.9. The number of benzene rings is 1. The monoisotopic (exact) mass is 345 g/mol. The first-order valence-electron chi connectivity index (χ1n) is 6.16. The lowest BCUT2D eigenvalue weighted by Gasteiger charge is -2.06. The fourth-order valence-electron chi connectivity index (χ4n) is 1.65. The highest BCUT2D eigenvalue weighted by Crippen LogP contribution is 2.30. The number of aromatic nitrogens is 2. The highest BCUT2D eigenvalue weighted by molar-refractivity contribution is 9.10. The third-order valence-corrected chi connectivity index (χ3v) is 3.80. The third kappa shape index (κ3) is 3.21. The van der Waals surface area contributed by atoms with Crippen LogP contribution in [0, 0.1) is 11.6 Å². The minimum Gasteiger partial charge on any atom is -0.339 e. The Kier molecular flexibility index (Phi) is 4.82. The second kappa shape index (κ2) is 6.41. The van der Waals surface area contributed by atoms with Crippen LogP contribution in [0.1, 0.15) is 19.2 Å². The molecule has 7 heteroatoms. The number of nitrogens with zero attached hydrogens (tertiary/aromatic N) is 2. The molecule has 0 saturated heterocycles. The zero-order valence-corrected chi connectivity index (χ0v) is 12.7. The number of aryl methyl sites for hydroxylation is 1. The van der Waals surface area contributed by atoms with E-state index in [1.54, 1.807) is 0 Å². The average molecular weight is 346 g/mol. The van der Waals surface area contributed by atoms with Crippen LogP contribution in [0.2, 0.25) is 0 Å². The van der Waals surface area contributed by atoms with Crippen molar-refractivity contribution in [3.8, 4) is 11.4 Å². The van der Waals surface area contributed by atoms with Crippen molar-refractivity contribution >= 4 is 15.9 Å². The van der Waals surface area contributed by atoms with Crippen LogP contribution in [0.4, 0.5) is 8.78 Å². The maximum Gasteiger partial charge on any atom is 0.227 e. The number of halogens is 3. The smallest absolute Gasteiger partial charge is 0.227 e. The molecule has 2 aromatic rings. The van der Waals surface area contributed by atoms with E-state index in [1.807, 2.05) is 14.0 Å². The first-order valence-corrected chi connectivity index (χ1v) is 6.96. The largest absolute Gasteiger partial charge is 0.339 e. The summed E-state index contributed by atoms with van der Waals surface area (Å²) in [6.45, 7) is 2.04. The maximum absolute atomic E-state index is 13.5. The van der Waals surface area contributed by atoms with E-state index in [1.165, 1.54) is 6.07 Å². The van der Waals surface area contributed by atoms with E-state index in [4.69, 9.17) is 4.52 Å². The summed E-state index contributed by atoms with van der Waals surface area (Å²) in [5.41, 5.74) is 0.362. The molecule has 1 aromatic carbocycles. The van der Waals surface area contributed by atoms with Gasteiger partial charge in [0.25, 0.3) is 0 Å². The van der Waals surface area contributed by atoms with Crippen molar-refractivity contribution in [1.29, 1.82) is 0 Å². The van der Waals surface area contributed by atoms with Gasteiger partial charge in [0, 0.05) is 18.0 Å². The van der Waals surface area contributed by atoms with Gasteiger partial charge in [-0.25, -0.2) is 8.78 Å². The van der Waals surface area contributed by atoms with Gasteiger partial charge in [0.1, 0.15) is 0 Å². The number of hydrogen-bond donors (Lipinski definition) is 1. The van der Waals surface area contributed by atoms with Gasteiger partial charge in [0.05, 0.1) is 4.47 Å². The van der Waals surface area contributed by atoms with E-state index in [-0.39, 0.29) is 10.3 Å². The molecule has 1 heterocycles. The van der Waals surface area contributed by atoms with Crippen molar-refractivity contribution < 1.29 is 13.3 Å². The Hall–Kier alpha value is -1.34. The molecular formula is C13H14BrF2N3O. The Bertz CT molecular complexity index is 603. The molecule has 2 rings (SSSR count). The van der Waals surface area contributed by atoms with Gasteiger partial charge >= 0.3 is 0 Å². The SMILES string of the molecule is CNC(C)CCc1nc(-c2ccc(F)c(F)c2Br)no1. The van der Waals surface area contributed by atoms with Crippen molar-refractivity contribution in [2.45, 2.75) is 25.8 Å². The topological polar surface area (TPSA) is 51.0 Å². The number of hydrogen-bond acceptors (Lipinski definition) is 4. The van der Waals surface area contributed by atoms with Gasteiger partial charge in [-0.1, -0.05) is 5.16 Å². The molecule has 0 aliphatic carbocycles. The van der Waals surface area contributed by atoms with Crippen LogP contribution in [0.5, 0.6) is 0 Å². The minimum atomic E-state index is -0.961. The molecule has 0 radical (unpaired) electrons. The summed E-state index contributed by atoms with van der Waals surface area (Å²) in [5.74, 6) is -1.17. The number of nitrogens with one attached hydrogen (secondary N) is 1. The summed E-state index contributed by atoms with van der Waals surface area (Å²) < 4.78 is 31.6. The van der Waals surface area contributed by atoms with Gasteiger partial charge in [-0.15, -0.1) is 0 Å². The van der Waals surface area contributed by atoms with Crippen LogP contribution >= 0.6 is 15.9 Å². The molecule has 0 bridgehead atoms. The van der Waals surface area contributed by atoms with Crippen molar-refractivity contribution in [3.05, 3.63) is 34.1 Å². The first-order chi connectivity index (χ1) is 9.52. The van der Waals surface area contributed by atoms with E-state index in [9.17, 15) is 8.78 Å². The average Bonchev–Trinajstić information content (AvgIpc) is 2.91. The van der Waals surface area contributed by atoms with Gasteiger partial charge in [0.2, 0.25) is 11.7 Å². The van der Waals surface area contributed by atoms with Gasteiger partial charge in [-0.05, 0) is 48.5 Å². The van der Waals surface area contributed by atoms with E-state index in [2.05, 4.69) is 31.4 Å². The molecule has 0 spiro atoms.